The number of hydrogen-bond acceptors (Lipinski definition) is 5. The molecule has 2 rings (SSSR count). The lowest BCUT2D eigenvalue weighted by atomic mass is 9.98. The van der Waals surface area contributed by atoms with Crippen molar-refractivity contribution < 1.29 is 19.1 Å². The Labute approximate surface area is 142 Å². The number of nitrogens with zero attached hydrogens (tertiary/aromatic N) is 2. The summed E-state index contributed by atoms with van der Waals surface area (Å²) in [5.74, 6) is 0.937. The minimum absolute atomic E-state index is 0.257. The van der Waals surface area contributed by atoms with Crippen LogP contribution in [-0.4, -0.2) is 42.4 Å². The molecule has 0 atom stereocenters. The first-order valence-corrected chi connectivity index (χ1v) is 8.16. The van der Waals surface area contributed by atoms with Crippen molar-refractivity contribution in [3.8, 4) is 5.75 Å². The molecule has 0 radical (unpaired) electrons. The Balaban J connectivity index is 1.82. The minimum atomic E-state index is -0.472. The quantitative estimate of drug-likeness (QED) is 0.623. The summed E-state index contributed by atoms with van der Waals surface area (Å²) in [7, 11) is 0. The Morgan fingerprint density at radius 3 is 2.58 bits per heavy atom. The van der Waals surface area contributed by atoms with Gasteiger partial charge in [0.2, 0.25) is 6.08 Å². The van der Waals surface area contributed by atoms with Crippen molar-refractivity contribution in [3.63, 3.8) is 0 Å². The standard InChI is InChI=1S/C18H24N2O4/c1-18(2,3)24-17(22)20-10-8-14(9-11-20)12-23-16-7-5-4-6-15(16)19-13-21/h4-7,14H,8-12H2,1-3H3. The van der Waals surface area contributed by atoms with Crippen LogP contribution in [-0.2, 0) is 9.53 Å². The molecule has 1 heterocycles. The van der Waals surface area contributed by atoms with Gasteiger partial charge in [-0.05, 0) is 51.7 Å². The van der Waals surface area contributed by atoms with Crippen molar-refractivity contribution in [2.45, 2.75) is 39.2 Å². The summed E-state index contributed by atoms with van der Waals surface area (Å²) in [6.45, 7) is 7.46. The maximum Gasteiger partial charge on any atom is 0.410 e. The van der Waals surface area contributed by atoms with Crippen LogP contribution in [0.2, 0.25) is 0 Å². The predicted molar refractivity (Wildman–Crippen MR) is 90.2 cm³/mol. The second kappa shape index (κ2) is 7.97. The van der Waals surface area contributed by atoms with Gasteiger partial charge in [-0.1, -0.05) is 12.1 Å². The van der Waals surface area contributed by atoms with Gasteiger partial charge in [0.05, 0.1) is 6.61 Å². The van der Waals surface area contributed by atoms with Crippen molar-refractivity contribution >= 4 is 17.9 Å². The number of piperidine rings is 1. The number of carbonyl (C=O) groups is 1. The third-order valence-corrected chi connectivity index (χ3v) is 3.77. The first-order valence-electron chi connectivity index (χ1n) is 8.16. The number of rotatable bonds is 4. The summed E-state index contributed by atoms with van der Waals surface area (Å²) >= 11 is 0. The van der Waals surface area contributed by atoms with Crippen LogP contribution in [0.4, 0.5) is 10.5 Å². The summed E-state index contributed by atoms with van der Waals surface area (Å²) in [6, 6.07) is 7.13. The van der Waals surface area contributed by atoms with E-state index in [2.05, 4.69) is 4.99 Å². The number of isocyanates is 1. The van der Waals surface area contributed by atoms with E-state index in [-0.39, 0.29) is 6.09 Å². The fourth-order valence-electron chi connectivity index (χ4n) is 2.54. The van der Waals surface area contributed by atoms with Gasteiger partial charge in [-0.2, -0.15) is 4.99 Å². The van der Waals surface area contributed by atoms with E-state index < -0.39 is 5.60 Å². The van der Waals surface area contributed by atoms with E-state index in [4.69, 9.17) is 9.47 Å². The highest BCUT2D eigenvalue weighted by Gasteiger charge is 2.27. The molecule has 0 bridgehead atoms. The summed E-state index contributed by atoms with van der Waals surface area (Å²) in [6.07, 6.45) is 3.00. The Kier molecular flexibility index (Phi) is 5.99. The Morgan fingerprint density at radius 2 is 1.96 bits per heavy atom. The van der Waals surface area contributed by atoms with Crippen LogP contribution in [0, 0.1) is 5.92 Å². The zero-order valence-corrected chi connectivity index (χ0v) is 14.4. The monoisotopic (exact) mass is 332 g/mol. The number of aliphatic imine (C=N–C) groups is 1. The molecule has 1 fully saturated rings. The average molecular weight is 332 g/mol. The molecule has 0 unspecified atom stereocenters. The molecule has 1 aromatic carbocycles. The number of likely N-dealkylation sites (tertiary alicyclic amines) is 1. The van der Waals surface area contributed by atoms with Crippen LogP contribution in [0.25, 0.3) is 0 Å². The number of amides is 1. The summed E-state index contributed by atoms with van der Waals surface area (Å²) in [5.41, 5.74) is 0.0125. The van der Waals surface area contributed by atoms with E-state index >= 15 is 0 Å². The number of benzene rings is 1. The Morgan fingerprint density at radius 1 is 1.29 bits per heavy atom. The average Bonchev–Trinajstić information content (AvgIpc) is 2.53. The van der Waals surface area contributed by atoms with Crippen molar-refractivity contribution in [3.05, 3.63) is 24.3 Å². The van der Waals surface area contributed by atoms with E-state index in [9.17, 15) is 9.59 Å². The molecular formula is C18H24N2O4. The molecule has 1 aliphatic rings. The third-order valence-electron chi connectivity index (χ3n) is 3.77. The Hall–Kier alpha value is -2.33. The van der Waals surface area contributed by atoms with Crippen LogP contribution in [0.5, 0.6) is 5.75 Å². The smallest absolute Gasteiger partial charge is 0.410 e. The van der Waals surface area contributed by atoms with Crippen LogP contribution in [0.15, 0.2) is 29.3 Å². The molecule has 6 nitrogen and oxygen atoms in total. The van der Waals surface area contributed by atoms with E-state index in [0.29, 0.717) is 37.1 Å². The number of ether oxygens (including phenoxy) is 2. The third kappa shape index (κ3) is 5.39. The van der Waals surface area contributed by atoms with Gasteiger partial charge in [-0.3, -0.25) is 0 Å². The van der Waals surface area contributed by atoms with Crippen LogP contribution in [0.3, 0.4) is 0 Å². The van der Waals surface area contributed by atoms with Crippen molar-refractivity contribution in [2.24, 2.45) is 10.9 Å². The molecule has 0 aliphatic carbocycles. The molecule has 0 saturated carbocycles. The van der Waals surface area contributed by atoms with Crippen LogP contribution >= 0.6 is 0 Å². The lowest BCUT2D eigenvalue weighted by molar-refractivity contribution is 0.0165. The van der Waals surface area contributed by atoms with Crippen molar-refractivity contribution in [1.82, 2.24) is 4.90 Å². The van der Waals surface area contributed by atoms with Gasteiger partial charge in [0.15, 0.2) is 0 Å². The normalized spacial score (nSPS) is 15.5. The van der Waals surface area contributed by atoms with Gasteiger partial charge >= 0.3 is 6.09 Å². The van der Waals surface area contributed by atoms with Crippen molar-refractivity contribution in [1.29, 1.82) is 0 Å². The summed E-state index contributed by atoms with van der Waals surface area (Å²) in [5, 5.41) is 0. The van der Waals surface area contributed by atoms with E-state index in [1.807, 2.05) is 26.8 Å². The maximum absolute atomic E-state index is 12.0. The number of carbonyl (C=O) groups excluding carboxylic acids is 2. The first kappa shape index (κ1) is 18.0. The lowest BCUT2D eigenvalue weighted by Gasteiger charge is -2.33. The Bertz CT molecular complexity index is 610. The topological polar surface area (TPSA) is 68.2 Å². The molecule has 24 heavy (non-hydrogen) atoms. The fourth-order valence-corrected chi connectivity index (χ4v) is 2.54. The highest BCUT2D eigenvalue weighted by molar-refractivity contribution is 5.68. The first-order chi connectivity index (χ1) is 11.4. The molecule has 1 amide bonds. The van der Waals surface area contributed by atoms with Crippen molar-refractivity contribution in [2.75, 3.05) is 19.7 Å². The predicted octanol–water partition coefficient (Wildman–Crippen LogP) is 3.68. The SMILES string of the molecule is CC(C)(C)OC(=O)N1CCC(COc2ccccc2N=C=O)CC1. The molecule has 1 aromatic rings. The van der Waals surface area contributed by atoms with Gasteiger partial charge in [-0.15, -0.1) is 0 Å². The zero-order chi connectivity index (χ0) is 17.6. The molecular weight excluding hydrogens is 308 g/mol. The fraction of sp³-hybridized carbons (Fsp3) is 0.556. The molecule has 6 heteroatoms. The van der Waals surface area contributed by atoms with E-state index in [1.54, 1.807) is 23.1 Å². The molecule has 0 N–H and O–H groups in total. The van der Waals surface area contributed by atoms with E-state index in [1.165, 1.54) is 6.08 Å². The van der Waals surface area contributed by atoms with Crippen LogP contribution in [0.1, 0.15) is 33.6 Å². The largest absolute Gasteiger partial charge is 0.491 e. The highest BCUT2D eigenvalue weighted by atomic mass is 16.6. The molecule has 0 aromatic heterocycles. The minimum Gasteiger partial charge on any atom is -0.491 e. The zero-order valence-electron chi connectivity index (χ0n) is 14.4. The lowest BCUT2D eigenvalue weighted by Crippen LogP contribution is -2.42. The molecule has 1 aliphatic heterocycles. The molecule has 1 saturated heterocycles. The van der Waals surface area contributed by atoms with E-state index in [0.717, 1.165) is 12.8 Å². The molecule has 0 spiro atoms. The second-order valence-electron chi connectivity index (χ2n) is 6.89. The van der Waals surface area contributed by atoms with Gasteiger partial charge in [-0.25, -0.2) is 9.59 Å². The van der Waals surface area contributed by atoms with Gasteiger partial charge in [0, 0.05) is 13.1 Å². The highest BCUT2D eigenvalue weighted by Crippen LogP contribution is 2.28. The maximum atomic E-state index is 12.0. The van der Waals surface area contributed by atoms with Gasteiger partial charge in [0.1, 0.15) is 17.0 Å². The van der Waals surface area contributed by atoms with Gasteiger partial charge < -0.3 is 14.4 Å². The summed E-state index contributed by atoms with van der Waals surface area (Å²) < 4.78 is 11.2. The van der Waals surface area contributed by atoms with Crippen LogP contribution < -0.4 is 4.74 Å². The molecule has 130 valence electrons. The number of para-hydroxylation sites is 2. The van der Waals surface area contributed by atoms with Gasteiger partial charge in [0.25, 0.3) is 0 Å². The second-order valence-corrected chi connectivity index (χ2v) is 6.89. The summed E-state index contributed by atoms with van der Waals surface area (Å²) in [4.78, 5) is 27.9. The number of hydrogen-bond donors (Lipinski definition) is 0.